The number of carbonyl (C=O) groups is 3. The Morgan fingerprint density at radius 2 is 1.91 bits per heavy atom. The van der Waals surface area contributed by atoms with Gasteiger partial charge >= 0.3 is 0 Å². The number of likely N-dealkylation sites (tertiary alicyclic amines) is 1. The Bertz CT molecular complexity index is 890. The van der Waals surface area contributed by atoms with E-state index < -0.39 is 22.6 Å². The first-order chi connectivity index (χ1) is 15.4. The first-order valence-corrected chi connectivity index (χ1v) is 12.3. The summed E-state index contributed by atoms with van der Waals surface area (Å²) in [6, 6.07) is 7.00. The lowest BCUT2D eigenvalue weighted by atomic mass is 9.71. The number of β-amino-alcohol motifs (C(OH)–C–C–N with tert-alkyl or cyclic N) is 1. The summed E-state index contributed by atoms with van der Waals surface area (Å²) in [6.45, 7) is 5.86. The molecule has 0 radical (unpaired) electrons. The van der Waals surface area contributed by atoms with Crippen molar-refractivity contribution >= 4 is 40.9 Å². The van der Waals surface area contributed by atoms with Crippen LogP contribution in [0, 0.1) is 11.8 Å². The molecule has 174 valence electrons. The van der Waals surface area contributed by atoms with Crippen LogP contribution >= 0.6 is 11.8 Å². The molecule has 9 heteroatoms. The van der Waals surface area contributed by atoms with Crippen molar-refractivity contribution in [1.82, 2.24) is 10.2 Å². The summed E-state index contributed by atoms with van der Waals surface area (Å²) in [6.07, 6.45) is 1.52. The number of nitrogens with zero attached hydrogens (tertiary/aromatic N) is 2. The van der Waals surface area contributed by atoms with E-state index in [0.717, 1.165) is 25.2 Å². The van der Waals surface area contributed by atoms with Gasteiger partial charge in [0.1, 0.15) is 6.04 Å². The van der Waals surface area contributed by atoms with E-state index in [2.05, 4.69) is 29.4 Å². The molecule has 3 amide bonds. The molecule has 0 saturated carbocycles. The molecule has 3 saturated heterocycles. The Morgan fingerprint density at radius 3 is 2.50 bits per heavy atom. The molecule has 2 unspecified atom stereocenters. The van der Waals surface area contributed by atoms with Crippen LogP contribution in [0.4, 0.5) is 11.4 Å². The smallest absolute Gasteiger partial charge is 0.248 e. The van der Waals surface area contributed by atoms with Gasteiger partial charge in [-0.05, 0) is 51.0 Å². The highest BCUT2D eigenvalue weighted by atomic mass is 32.2. The van der Waals surface area contributed by atoms with E-state index in [-0.39, 0.29) is 36.1 Å². The van der Waals surface area contributed by atoms with Crippen LogP contribution in [0.5, 0.6) is 0 Å². The third-order valence-electron chi connectivity index (χ3n) is 7.20. The number of anilines is 2. The Balaban J connectivity index is 1.60. The number of fused-ring (bicyclic) bond motifs is 1. The molecule has 4 rings (SSSR count). The van der Waals surface area contributed by atoms with Gasteiger partial charge in [-0.1, -0.05) is 0 Å². The van der Waals surface area contributed by atoms with Crippen molar-refractivity contribution in [3.05, 3.63) is 24.3 Å². The van der Waals surface area contributed by atoms with Gasteiger partial charge in [-0.3, -0.25) is 14.4 Å². The van der Waals surface area contributed by atoms with Crippen LogP contribution in [0.3, 0.4) is 0 Å². The highest BCUT2D eigenvalue weighted by Gasteiger charge is 2.73. The van der Waals surface area contributed by atoms with Gasteiger partial charge in [-0.25, -0.2) is 0 Å². The van der Waals surface area contributed by atoms with E-state index in [1.165, 1.54) is 4.90 Å². The van der Waals surface area contributed by atoms with Crippen LogP contribution in [-0.4, -0.2) is 77.1 Å². The SMILES string of the molecule is CCN(CC)c1ccc(NC(=O)C2N(CCO)C(=O)[C@@H]3[C@@H](C(=O)NC)[C@H]4CCC23S4)cc1. The lowest BCUT2D eigenvalue weighted by Gasteiger charge is -2.34. The fraction of sp³-hybridized carbons (Fsp3) is 0.609. The lowest BCUT2D eigenvalue weighted by molar-refractivity contribution is -0.139. The van der Waals surface area contributed by atoms with Crippen molar-refractivity contribution in [2.75, 3.05) is 43.5 Å². The predicted molar refractivity (Wildman–Crippen MR) is 126 cm³/mol. The van der Waals surface area contributed by atoms with E-state index in [4.69, 9.17) is 0 Å². The number of aliphatic hydroxyl groups excluding tert-OH is 1. The van der Waals surface area contributed by atoms with Crippen LogP contribution in [0.1, 0.15) is 26.7 Å². The average Bonchev–Trinajstić information content (AvgIpc) is 3.43. The Hall–Kier alpha value is -2.26. The minimum atomic E-state index is -0.709. The first-order valence-electron chi connectivity index (χ1n) is 11.4. The molecule has 2 bridgehead atoms. The molecule has 3 aliphatic heterocycles. The quantitative estimate of drug-likeness (QED) is 0.541. The maximum Gasteiger partial charge on any atom is 0.248 e. The molecular formula is C23H32N4O4S. The number of nitrogens with one attached hydrogen (secondary N) is 2. The molecule has 8 nitrogen and oxygen atoms in total. The van der Waals surface area contributed by atoms with E-state index in [0.29, 0.717) is 12.1 Å². The maximum absolute atomic E-state index is 13.5. The zero-order valence-corrected chi connectivity index (χ0v) is 19.7. The number of hydrogen-bond donors (Lipinski definition) is 3. The van der Waals surface area contributed by atoms with Crippen LogP contribution < -0.4 is 15.5 Å². The van der Waals surface area contributed by atoms with Crippen molar-refractivity contribution in [2.24, 2.45) is 11.8 Å². The Labute approximate surface area is 193 Å². The summed E-state index contributed by atoms with van der Waals surface area (Å²) >= 11 is 1.62. The van der Waals surface area contributed by atoms with Gasteiger partial charge in [0.2, 0.25) is 17.7 Å². The summed E-state index contributed by atoms with van der Waals surface area (Å²) in [5.74, 6) is -1.55. The molecule has 3 N–H and O–H groups in total. The number of benzene rings is 1. The second kappa shape index (κ2) is 8.94. The number of rotatable bonds is 8. The van der Waals surface area contributed by atoms with Crippen LogP contribution in [-0.2, 0) is 14.4 Å². The van der Waals surface area contributed by atoms with Crippen molar-refractivity contribution in [3.8, 4) is 0 Å². The number of aliphatic hydroxyl groups is 1. The van der Waals surface area contributed by atoms with E-state index in [1.807, 2.05) is 24.3 Å². The van der Waals surface area contributed by atoms with E-state index in [1.54, 1.807) is 18.8 Å². The standard InChI is InChI=1S/C23H32N4O4S/c1-4-26(5-2)15-8-6-14(7-9-15)25-21(30)19-23-11-10-16(32-23)17(20(29)24-3)18(23)22(31)27(19)12-13-28/h6-9,16-19,28H,4-5,10-13H2,1-3H3,(H,24,29)(H,25,30)/t16-,17+,18+,19?,23?/m1/s1. The summed E-state index contributed by atoms with van der Waals surface area (Å²) in [7, 11) is 1.59. The molecule has 3 heterocycles. The van der Waals surface area contributed by atoms with Crippen molar-refractivity contribution in [1.29, 1.82) is 0 Å². The second-order valence-electron chi connectivity index (χ2n) is 8.63. The summed E-state index contributed by atoms with van der Waals surface area (Å²) in [5.41, 5.74) is 1.76. The Kier molecular flexibility index (Phi) is 6.40. The normalized spacial score (nSPS) is 30.4. The van der Waals surface area contributed by atoms with E-state index >= 15 is 0 Å². The van der Waals surface area contributed by atoms with Crippen LogP contribution in [0.15, 0.2) is 24.3 Å². The van der Waals surface area contributed by atoms with Crippen LogP contribution in [0.2, 0.25) is 0 Å². The molecule has 0 aliphatic carbocycles. The molecule has 32 heavy (non-hydrogen) atoms. The van der Waals surface area contributed by atoms with Crippen LogP contribution in [0.25, 0.3) is 0 Å². The molecule has 3 fully saturated rings. The second-order valence-corrected chi connectivity index (χ2v) is 10.2. The van der Waals surface area contributed by atoms with Gasteiger partial charge in [0.25, 0.3) is 0 Å². The monoisotopic (exact) mass is 460 g/mol. The average molecular weight is 461 g/mol. The third kappa shape index (κ3) is 3.46. The molecule has 5 atom stereocenters. The first kappa shape index (κ1) is 22.9. The minimum Gasteiger partial charge on any atom is -0.395 e. The summed E-state index contributed by atoms with van der Waals surface area (Å²) in [4.78, 5) is 43.2. The van der Waals surface area contributed by atoms with E-state index in [9.17, 15) is 19.5 Å². The highest BCUT2D eigenvalue weighted by Crippen LogP contribution is 2.66. The van der Waals surface area contributed by atoms with Gasteiger partial charge in [0.15, 0.2) is 0 Å². The molecule has 0 aromatic heterocycles. The zero-order chi connectivity index (χ0) is 23.0. The Morgan fingerprint density at radius 1 is 1.22 bits per heavy atom. The molecule has 3 aliphatic rings. The fourth-order valence-electron chi connectivity index (χ4n) is 5.82. The molecular weight excluding hydrogens is 428 g/mol. The maximum atomic E-state index is 13.5. The zero-order valence-electron chi connectivity index (χ0n) is 18.8. The molecule has 1 aromatic rings. The number of hydrogen-bond acceptors (Lipinski definition) is 6. The summed E-state index contributed by atoms with van der Waals surface area (Å²) < 4.78 is -0.626. The highest BCUT2D eigenvalue weighted by molar-refractivity contribution is 8.02. The van der Waals surface area contributed by atoms with Gasteiger partial charge in [0, 0.05) is 43.3 Å². The van der Waals surface area contributed by atoms with Gasteiger partial charge in [0.05, 0.1) is 23.2 Å². The minimum absolute atomic E-state index is 0.0452. The topological polar surface area (TPSA) is 102 Å². The lowest BCUT2D eigenvalue weighted by Crippen LogP contribution is -2.52. The summed E-state index contributed by atoms with van der Waals surface area (Å²) in [5, 5.41) is 15.3. The predicted octanol–water partition coefficient (Wildman–Crippen LogP) is 1.30. The molecule has 1 aromatic carbocycles. The number of amides is 3. The number of carbonyl (C=O) groups excluding carboxylic acids is 3. The van der Waals surface area contributed by atoms with Crippen molar-refractivity contribution < 1.29 is 19.5 Å². The molecule has 1 spiro atoms. The van der Waals surface area contributed by atoms with Gasteiger partial charge in [-0.2, -0.15) is 0 Å². The third-order valence-corrected chi connectivity index (χ3v) is 9.15. The van der Waals surface area contributed by atoms with Crippen molar-refractivity contribution in [2.45, 2.75) is 42.7 Å². The van der Waals surface area contributed by atoms with Gasteiger partial charge < -0.3 is 25.5 Å². The van der Waals surface area contributed by atoms with Gasteiger partial charge in [-0.15, -0.1) is 11.8 Å². The largest absolute Gasteiger partial charge is 0.395 e. The van der Waals surface area contributed by atoms with Crippen molar-refractivity contribution in [3.63, 3.8) is 0 Å². The number of thioether (sulfide) groups is 1. The fourth-order valence-corrected chi connectivity index (χ4v) is 8.04.